The molecule has 3 rings (SSSR count). The Balaban J connectivity index is 1.65. The SMILES string of the molecule is NC(=O)c1ccccc1NC(=O)COC(=O)c1cc2c(F)cccc2s1. The van der Waals surface area contributed by atoms with Gasteiger partial charge in [0.1, 0.15) is 10.7 Å². The smallest absolute Gasteiger partial charge is 0.348 e. The Labute approximate surface area is 151 Å². The van der Waals surface area contributed by atoms with Gasteiger partial charge in [-0.05, 0) is 30.3 Å². The van der Waals surface area contributed by atoms with Crippen molar-refractivity contribution in [3.05, 3.63) is 64.8 Å². The number of para-hydroxylation sites is 1. The maximum atomic E-state index is 13.7. The first-order valence-corrected chi connectivity index (χ1v) is 8.31. The van der Waals surface area contributed by atoms with E-state index in [2.05, 4.69) is 5.32 Å². The molecule has 0 aliphatic rings. The fourth-order valence-electron chi connectivity index (χ4n) is 2.32. The lowest BCUT2D eigenvalue weighted by molar-refractivity contribution is -0.119. The van der Waals surface area contributed by atoms with E-state index in [4.69, 9.17) is 10.5 Å². The summed E-state index contributed by atoms with van der Waals surface area (Å²) in [5.74, 6) is -2.48. The zero-order valence-electron chi connectivity index (χ0n) is 13.3. The Morgan fingerprint density at radius 2 is 1.88 bits per heavy atom. The van der Waals surface area contributed by atoms with Crippen LogP contribution in [0.15, 0.2) is 48.5 Å². The van der Waals surface area contributed by atoms with E-state index < -0.39 is 30.2 Å². The molecule has 2 amide bonds. The Morgan fingerprint density at radius 1 is 1.12 bits per heavy atom. The van der Waals surface area contributed by atoms with Gasteiger partial charge in [0, 0.05) is 10.1 Å². The highest BCUT2D eigenvalue weighted by Gasteiger charge is 2.16. The van der Waals surface area contributed by atoms with Crippen LogP contribution in [0.1, 0.15) is 20.0 Å². The second-order valence-electron chi connectivity index (χ2n) is 5.30. The fourth-order valence-corrected chi connectivity index (χ4v) is 3.29. The number of amides is 2. The first kappa shape index (κ1) is 17.6. The summed E-state index contributed by atoms with van der Waals surface area (Å²) in [4.78, 5) is 35.5. The molecule has 0 saturated carbocycles. The number of fused-ring (bicyclic) bond motifs is 1. The quantitative estimate of drug-likeness (QED) is 0.673. The van der Waals surface area contributed by atoms with E-state index in [1.165, 1.54) is 24.3 Å². The van der Waals surface area contributed by atoms with Gasteiger partial charge in [0.2, 0.25) is 0 Å². The molecule has 0 atom stereocenters. The molecule has 0 fully saturated rings. The van der Waals surface area contributed by atoms with Crippen LogP contribution in [0.3, 0.4) is 0 Å². The van der Waals surface area contributed by atoms with Gasteiger partial charge in [-0.1, -0.05) is 18.2 Å². The Morgan fingerprint density at radius 3 is 2.62 bits per heavy atom. The average molecular weight is 372 g/mol. The first-order chi connectivity index (χ1) is 12.5. The van der Waals surface area contributed by atoms with E-state index in [1.54, 1.807) is 24.3 Å². The minimum atomic E-state index is -0.732. The van der Waals surface area contributed by atoms with E-state index in [-0.39, 0.29) is 16.1 Å². The zero-order chi connectivity index (χ0) is 18.7. The molecule has 0 spiro atoms. The number of esters is 1. The molecule has 1 heterocycles. The minimum Gasteiger partial charge on any atom is -0.451 e. The lowest BCUT2D eigenvalue weighted by atomic mass is 10.1. The van der Waals surface area contributed by atoms with Gasteiger partial charge in [-0.3, -0.25) is 9.59 Å². The molecule has 6 nitrogen and oxygen atoms in total. The highest BCUT2D eigenvalue weighted by Crippen LogP contribution is 2.28. The predicted molar refractivity (Wildman–Crippen MR) is 95.7 cm³/mol. The molecule has 0 unspecified atom stereocenters. The number of benzene rings is 2. The minimum absolute atomic E-state index is 0.146. The molecule has 2 aromatic carbocycles. The van der Waals surface area contributed by atoms with Crippen molar-refractivity contribution >= 4 is 44.9 Å². The standard InChI is InChI=1S/C18H13FN2O4S/c19-12-5-3-7-14-11(12)8-15(26-14)18(24)25-9-16(22)21-13-6-2-1-4-10(13)17(20)23/h1-8H,9H2,(H2,20,23)(H,21,22). The number of nitrogens with two attached hydrogens (primary N) is 1. The van der Waals surface area contributed by atoms with Crippen LogP contribution in [0.2, 0.25) is 0 Å². The number of nitrogens with one attached hydrogen (secondary N) is 1. The second kappa shape index (κ2) is 7.32. The van der Waals surface area contributed by atoms with Gasteiger partial charge in [0.25, 0.3) is 11.8 Å². The molecule has 26 heavy (non-hydrogen) atoms. The highest BCUT2D eigenvalue weighted by atomic mass is 32.1. The van der Waals surface area contributed by atoms with E-state index in [0.717, 1.165) is 11.3 Å². The normalized spacial score (nSPS) is 10.5. The van der Waals surface area contributed by atoms with Crippen LogP contribution in [-0.2, 0) is 9.53 Å². The van der Waals surface area contributed by atoms with Crippen LogP contribution in [-0.4, -0.2) is 24.4 Å². The summed E-state index contributed by atoms with van der Waals surface area (Å²) in [5.41, 5.74) is 5.61. The number of thiophene rings is 1. The number of carbonyl (C=O) groups excluding carboxylic acids is 3. The lowest BCUT2D eigenvalue weighted by Gasteiger charge is -2.08. The van der Waals surface area contributed by atoms with Gasteiger partial charge in [-0.25, -0.2) is 9.18 Å². The molecule has 0 radical (unpaired) electrons. The second-order valence-corrected chi connectivity index (χ2v) is 6.38. The van der Waals surface area contributed by atoms with Crippen molar-refractivity contribution in [2.75, 3.05) is 11.9 Å². The number of hydrogen-bond acceptors (Lipinski definition) is 5. The number of ether oxygens (including phenoxy) is 1. The van der Waals surface area contributed by atoms with Gasteiger partial charge >= 0.3 is 5.97 Å². The van der Waals surface area contributed by atoms with Crippen molar-refractivity contribution < 1.29 is 23.5 Å². The molecule has 8 heteroatoms. The van der Waals surface area contributed by atoms with Crippen molar-refractivity contribution in [2.24, 2.45) is 5.73 Å². The van der Waals surface area contributed by atoms with Crippen LogP contribution in [0, 0.1) is 5.82 Å². The molecular formula is C18H13FN2O4S. The number of halogens is 1. The van der Waals surface area contributed by atoms with Gasteiger partial charge in [-0.2, -0.15) is 0 Å². The maximum Gasteiger partial charge on any atom is 0.348 e. The Hall–Kier alpha value is -3.26. The maximum absolute atomic E-state index is 13.7. The third-order valence-electron chi connectivity index (χ3n) is 3.51. The molecule has 3 N–H and O–H groups in total. The molecular weight excluding hydrogens is 359 g/mol. The van der Waals surface area contributed by atoms with Crippen molar-refractivity contribution in [3.8, 4) is 0 Å². The number of anilines is 1. The van der Waals surface area contributed by atoms with Crippen molar-refractivity contribution in [1.82, 2.24) is 0 Å². The van der Waals surface area contributed by atoms with Crippen LogP contribution < -0.4 is 11.1 Å². The summed E-state index contributed by atoms with van der Waals surface area (Å²) in [6.07, 6.45) is 0. The molecule has 3 aromatic rings. The van der Waals surface area contributed by atoms with Crippen molar-refractivity contribution in [1.29, 1.82) is 0 Å². The highest BCUT2D eigenvalue weighted by molar-refractivity contribution is 7.20. The third kappa shape index (κ3) is 3.70. The van der Waals surface area contributed by atoms with Gasteiger partial charge in [0.15, 0.2) is 6.61 Å². The first-order valence-electron chi connectivity index (χ1n) is 7.49. The van der Waals surface area contributed by atoms with Crippen molar-refractivity contribution in [3.63, 3.8) is 0 Å². The summed E-state index contributed by atoms with van der Waals surface area (Å²) in [6.45, 7) is -0.553. The summed E-state index contributed by atoms with van der Waals surface area (Å²) in [5, 5.41) is 2.78. The summed E-state index contributed by atoms with van der Waals surface area (Å²) in [6, 6.07) is 12.1. The summed E-state index contributed by atoms with van der Waals surface area (Å²) in [7, 11) is 0. The van der Waals surface area contributed by atoms with Crippen LogP contribution in [0.25, 0.3) is 10.1 Å². The molecule has 0 saturated heterocycles. The predicted octanol–water partition coefficient (Wildman–Crippen LogP) is 2.93. The monoisotopic (exact) mass is 372 g/mol. The molecule has 1 aromatic heterocycles. The van der Waals surface area contributed by atoms with E-state index in [0.29, 0.717) is 10.1 Å². The van der Waals surface area contributed by atoms with Gasteiger partial charge < -0.3 is 15.8 Å². The Bertz CT molecular complexity index is 1020. The van der Waals surface area contributed by atoms with Crippen LogP contribution in [0.4, 0.5) is 10.1 Å². The van der Waals surface area contributed by atoms with E-state index >= 15 is 0 Å². The largest absolute Gasteiger partial charge is 0.451 e. The molecule has 132 valence electrons. The number of rotatable bonds is 5. The molecule has 0 aliphatic carbocycles. The molecule has 0 bridgehead atoms. The number of hydrogen-bond donors (Lipinski definition) is 2. The number of carbonyl (C=O) groups is 3. The van der Waals surface area contributed by atoms with E-state index in [1.807, 2.05) is 0 Å². The van der Waals surface area contributed by atoms with E-state index in [9.17, 15) is 18.8 Å². The topological polar surface area (TPSA) is 98.5 Å². The average Bonchev–Trinajstić information content (AvgIpc) is 3.06. The van der Waals surface area contributed by atoms with Crippen LogP contribution in [0.5, 0.6) is 0 Å². The molecule has 0 aliphatic heterocycles. The van der Waals surface area contributed by atoms with Gasteiger partial charge in [0.05, 0.1) is 11.3 Å². The fraction of sp³-hybridized carbons (Fsp3) is 0.0556. The third-order valence-corrected chi connectivity index (χ3v) is 4.59. The lowest BCUT2D eigenvalue weighted by Crippen LogP contribution is -2.23. The zero-order valence-corrected chi connectivity index (χ0v) is 14.1. The number of primary amides is 1. The Kier molecular flexibility index (Phi) is 4.94. The van der Waals surface area contributed by atoms with Crippen molar-refractivity contribution in [2.45, 2.75) is 0 Å². The summed E-state index contributed by atoms with van der Waals surface area (Å²) < 4.78 is 19.2. The van der Waals surface area contributed by atoms with Gasteiger partial charge in [-0.15, -0.1) is 11.3 Å². The van der Waals surface area contributed by atoms with Crippen LogP contribution >= 0.6 is 11.3 Å². The summed E-state index contributed by atoms with van der Waals surface area (Å²) >= 11 is 1.07.